The summed E-state index contributed by atoms with van der Waals surface area (Å²) in [5.41, 5.74) is 0. The van der Waals surface area contributed by atoms with Crippen LogP contribution in [0.1, 0.15) is 0 Å². The molecule has 0 atom stereocenters. The summed E-state index contributed by atoms with van der Waals surface area (Å²) in [4.78, 5) is 0. The quantitative estimate of drug-likeness (QED) is 0.228. The van der Waals surface area contributed by atoms with Gasteiger partial charge in [-0.25, -0.2) is 0 Å². The Balaban J connectivity index is 0. The summed E-state index contributed by atoms with van der Waals surface area (Å²) in [7, 11) is 0. The molecule has 0 aromatic rings. The summed E-state index contributed by atoms with van der Waals surface area (Å²) in [6.45, 7) is 0. The van der Waals surface area contributed by atoms with Gasteiger partial charge in [-0.2, -0.15) is 0 Å². The smallest absolute Gasteiger partial charge is 2.00 e. The predicted molar refractivity (Wildman–Crippen MR) is 29.2 cm³/mol. The standard InChI is InChI=1S/2Ba.2Ge.2La.9O/q2*+2;2*+4;2*+3;9*-2. The van der Waals surface area contributed by atoms with E-state index < -0.39 is 0 Å². The second-order valence-electron chi connectivity index (χ2n) is 0. The van der Waals surface area contributed by atoms with Crippen molar-refractivity contribution >= 4 is 133 Å². The molecule has 0 spiro atoms. The summed E-state index contributed by atoms with van der Waals surface area (Å²) in [5, 5.41) is 0. The van der Waals surface area contributed by atoms with Crippen molar-refractivity contribution < 1.29 is 120 Å². The summed E-state index contributed by atoms with van der Waals surface area (Å²) in [5.74, 6) is 0. The first-order chi connectivity index (χ1) is 0. The van der Waals surface area contributed by atoms with Crippen molar-refractivity contribution in [1.29, 1.82) is 0 Å². The zero-order chi connectivity index (χ0) is 0. The van der Waals surface area contributed by atoms with Gasteiger partial charge in [0.2, 0.25) is 0 Å². The van der Waals surface area contributed by atoms with E-state index in [4.69, 9.17) is 0 Å². The van der Waals surface area contributed by atoms with E-state index in [0.29, 0.717) is 0 Å². The Morgan fingerprint density at radius 3 is 0.267 bits per heavy atom. The molecule has 0 fully saturated rings. The zero-order valence-corrected chi connectivity index (χ0v) is 27.6. The summed E-state index contributed by atoms with van der Waals surface area (Å²) in [6.07, 6.45) is 0. The van der Waals surface area contributed by atoms with Gasteiger partial charge in [-0.15, -0.1) is 0 Å². The van der Waals surface area contributed by atoms with Crippen LogP contribution in [-0.2, 0) is 49.3 Å². The molecule has 15 heavy (non-hydrogen) atoms. The molecule has 0 heterocycles. The number of hydrogen-bond acceptors (Lipinski definition) is 0. The molecule has 0 saturated heterocycles. The average molecular weight is 842 g/mol. The van der Waals surface area contributed by atoms with Gasteiger partial charge in [-0.3, -0.25) is 0 Å². The molecule has 0 bridgehead atoms. The van der Waals surface area contributed by atoms with Gasteiger partial charge in [-0.1, -0.05) is 0 Å². The van der Waals surface area contributed by atoms with Gasteiger partial charge >= 0.3 is 204 Å². The van der Waals surface area contributed by atoms with Crippen molar-refractivity contribution in [3.8, 4) is 0 Å². The van der Waals surface area contributed by atoms with Crippen molar-refractivity contribution in [2.24, 2.45) is 0 Å². The van der Waals surface area contributed by atoms with Crippen molar-refractivity contribution in [3.05, 3.63) is 0 Å². The van der Waals surface area contributed by atoms with Gasteiger partial charge < -0.3 is 49.3 Å². The first kappa shape index (κ1) is 223. The Morgan fingerprint density at radius 1 is 0.267 bits per heavy atom. The molecule has 9 nitrogen and oxygen atoms in total. The Hall–Kier alpha value is 6.26. The van der Waals surface area contributed by atoms with Gasteiger partial charge in [0.1, 0.15) is 0 Å². The third kappa shape index (κ3) is 172. The molecule has 0 aliphatic rings. The fourth-order valence-corrected chi connectivity index (χ4v) is 0. The van der Waals surface area contributed by atoms with Crippen molar-refractivity contribution in [3.63, 3.8) is 0 Å². The third-order valence-electron chi connectivity index (χ3n) is 0. The first-order valence-electron chi connectivity index (χ1n) is 0. The summed E-state index contributed by atoms with van der Waals surface area (Å²) < 4.78 is 0. The zero-order valence-electron chi connectivity index (χ0n) is 7.24. The molecule has 0 saturated carbocycles. The Kier molecular flexibility index (Phi) is 2850. The number of hydrogen-bond donors (Lipinski definition) is 0. The molecule has 15 heteroatoms. The summed E-state index contributed by atoms with van der Waals surface area (Å²) in [6, 6.07) is 0. The molecule has 0 aromatic carbocycles. The second-order valence-corrected chi connectivity index (χ2v) is 0. The van der Waals surface area contributed by atoms with E-state index in [2.05, 4.69) is 0 Å². The normalized spacial score (nSPS) is 0. The molecule has 0 radical (unpaired) electrons. The van der Waals surface area contributed by atoms with E-state index in [0.717, 1.165) is 0 Å². The SMILES string of the molecule is [Ba+2].[Ba+2].[Ge+4].[Ge+4].[La+3].[La+3].[O-2].[O-2].[O-2].[O-2].[O-2].[O-2].[O-2].[O-2].[O-2]. The van der Waals surface area contributed by atoms with Gasteiger partial charge in [0.05, 0.1) is 0 Å². The topological polar surface area (TPSA) is 256 Å². The molecule has 0 aliphatic heterocycles. The van der Waals surface area contributed by atoms with Crippen molar-refractivity contribution in [2.45, 2.75) is 0 Å². The molecule has 0 aromatic heterocycles. The van der Waals surface area contributed by atoms with Crippen LogP contribution in [0.2, 0.25) is 0 Å². The third-order valence-corrected chi connectivity index (χ3v) is 0. The minimum atomic E-state index is 0. The fraction of sp³-hybridized carbons (Fsp3) is 0. The molecule has 0 amide bonds. The minimum absolute atomic E-state index is 0. The van der Waals surface area contributed by atoms with E-state index >= 15 is 0 Å². The van der Waals surface area contributed by atoms with Crippen LogP contribution < -0.4 is 0 Å². The summed E-state index contributed by atoms with van der Waals surface area (Å²) >= 11 is 0. The van der Waals surface area contributed by atoms with Gasteiger partial charge in [-0.05, 0) is 0 Å². The van der Waals surface area contributed by atoms with Crippen LogP contribution in [-0.4, -0.2) is 133 Å². The van der Waals surface area contributed by atoms with Crippen LogP contribution in [0.25, 0.3) is 0 Å². The monoisotopic (exact) mass is 845 g/mol. The fourth-order valence-electron chi connectivity index (χ4n) is 0. The van der Waals surface area contributed by atoms with Crippen molar-refractivity contribution in [2.75, 3.05) is 0 Å². The van der Waals surface area contributed by atoms with E-state index in [1.807, 2.05) is 0 Å². The van der Waals surface area contributed by atoms with Crippen LogP contribution in [0, 0.1) is 71.2 Å². The second kappa shape index (κ2) is 192. The average Bonchev–Trinajstić information content (AvgIpc) is 0. The van der Waals surface area contributed by atoms with Crippen molar-refractivity contribution in [1.82, 2.24) is 0 Å². The first-order valence-corrected chi connectivity index (χ1v) is 0. The van der Waals surface area contributed by atoms with E-state index in [-0.39, 0.29) is 253 Å². The van der Waals surface area contributed by atoms with Gasteiger partial charge in [0.15, 0.2) is 0 Å². The largest absolute Gasteiger partial charge is 4.00 e. The van der Waals surface area contributed by atoms with E-state index in [1.54, 1.807) is 0 Å². The van der Waals surface area contributed by atoms with E-state index in [9.17, 15) is 0 Å². The maximum absolute atomic E-state index is 0. The molecule has 72 valence electrons. The van der Waals surface area contributed by atoms with Gasteiger partial charge in [0, 0.05) is 0 Å². The molecule has 0 unspecified atom stereocenters. The molecular formula is Ba2Ge2La2O9. The van der Waals surface area contributed by atoms with Crippen LogP contribution in [0.4, 0.5) is 0 Å². The van der Waals surface area contributed by atoms with Crippen LogP contribution >= 0.6 is 0 Å². The van der Waals surface area contributed by atoms with Crippen LogP contribution in [0.5, 0.6) is 0 Å². The Labute approximate surface area is 246 Å². The Bertz CT molecular complexity index is 24.1. The predicted octanol–water partition coefficient (Wildman–Crippen LogP) is -2.59. The Morgan fingerprint density at radius 2 is 0.267 bits per heavy atom. The maximum Gasteiger partial charge on any atom is 4.00 e. The van der Waals surface area contributed by atoms with E-state index in [1.165, 1.54) is 0 Å². The molecular weight excluding hydrogens is 842 g/mol. The molecule has 0 rings (SSSR count). The number of rotatable bonds is 0. The molecule has 0 N–H and O–H groups in total. The van der Waals surface area contributed by atoms with Crippen LogP contribution in [0.3, 0.4) is 0 Å². The maximum atomic E-state index is 0. The molecule has 0 aliphatic carbocycles. The van der Waals surface area contributed by atoms with Gasteiger partial charge in [0.25, 0.3) is 0 Å². The van der Waals surface area contributed by atoms with Crippen LogP contribution in [0.15, 0.2) is 0 Å². The minimum Gasteiger partial charge on any atom is -2.00 e.